The zero-order chi connectivity index (χ0) is 16.4. The van der Waals surface area contributed by atoms with Crippen molar-refractivity contribution in [1.82, 2.24) is 4.98 Å². The number of rotatable bonds is 3. The Kier molecular flexibility index (Phi) is 4.16. The first-order valence-corrected chi connectivity index (χ1v) is 8.93. The third kappa shape index (κ3) is 3.12. The van der Waals surface area contributed by atoms with Crippen LogP contribution in [0.1, 0.15) is 0 Å². The molecule has 0 radical (unpaired) electrons. The summed E-state index contributed by atoms with van der Waals surface area (Å²) in [5, 5.41) is 3.85. The maximum absolute atomic E-state index is 5.95. The van der Waals surface area contributed by atoms with E-state index >= 15 is 0 Å². The Balaban J connectivity index is 1.62. The standard InChI is InChI=1S/C21H14ClNS/c22-19-12-10-18(11-13-19)21-23-20(14-24-21)17-8-6-16(7-9-17)15-4-2-1-3-5-15/h1-14H. The molecule has 0 unspecified atom stereocenters. The van der Waals surface area contributed by atoms with Crippen LogP contribution >= 0.6 is 22.9 Å². The van der Waals surface area contributed by atoms with E-state index in [4.69, 9.17) is 16.6 Å². The molecular formula is C21H14ClNS. The molecule has 1 nitrogen and oxygen atoms in total. The van der Waals surface area contributed by atoms with Crippen LogP contribution in [0.25, 0.3) is 33.0 Å². The number of aromatic nitrogens is 1. The van der Waals surface area contributed by atoms with Gasteiger partial charge in [0.05, 0.1) is 5.69 Å². The van der Waals surface area contributed by atoms with E-state index < -0.39 is 0 Å². The van der Waals surface area contributed by atoms with Gasteiger partial charge in [0, 0.05) is 21.5 Å². The Labute approximate surface area is 150 Å². The summed E-state index contributed by atoms with van der Waals surface area (Å²) in [7, 11) is 0. The highest BCUT2D eigenvalue weighted by Gasteiger charge is 2.07. The number of hydrogen-bond donors (Lipinski definition) is 0. The molecule has 0 aliphatic rings. The van der Waals surface area contributed by atoms with Crippen molar-refractivity contribution >= 4 is 22.9 Å². The Hall–Kier alpha value is -2.42. The van der Waals surface area contributed by atoms with Gasteiger partial charge >= 0.3 is 0 Å². The van der Waals surface area contributed by atoms with Gasteiger partial charge in [-0.15, -0.1) is 11.3 Å². The van der Waals surface area contributed by atoms with Crippen LogP contribution in [-0.2, 0) is 0 Å². The van der Waals surface area contributed by atoms with Gasteiger partial charge in [-0.25, -0.2) is 4.98 Å². The van der Waals surface area contributed by atoms with Crippen molar-refractivity contribution in [3.8, 4) is 33.0 Å². The van der Waals surface area contributed by atoms with Crippen molar-refractivity contribution in [3.05, 3.63) is 89.3 Å². The van der Waals surface area contributed by atoms with E-state index in [0.717, 1.165) is 26.9 Å². The molecule has 0 bridgehead atoms. The van der Waals surface area contributed by atoms with Crippen molar-refractivity contribution in [2.75, 3.05) is 0 Å². The minimum atomic E-state index is 0.743. The van der Waals surface area contributed by atoms with E-state index in [9.17, 15) is 0 Å². The van der Waals surface area contributed by atoms with Crippen LogP contribution in [0.15, 0.2) is 84.2 Å². The molecule has 0 saturated carbocycles. The van der Waals surface area contributed by atoms with Crippen molar-refractivity contribution in [1.29, 1.82) is 0 Å². The van der Waals surface area contributed by atoms with E-state index in [1.54, 1.807) is 11.3 Å². The second-order valence-corrected chi connectivity index (χ2v) is 6.78. The van der Waals surface area contributed by atoms with E-state index in [0.29, 0.717) is 0 Å². The van der Waals surface area contributed by atoms with Crippen molar-refractivity contribution in [3.63, 3.8) is 0 Å². The summed E-state index contributed by atoms with van der Waals surface area (Å²) in [6, 6.07) is 26.7. The quantitative estimate of drug-likeness (QED) is 0.397. The summed E-state index contributed by atoms with van der Waals surface area (Å²) < 4.78 is 0. The fourth-order valence-corrected chi connectivity index (χ4v) is 3.56. The molecule has 1 heterocycles. The van der Waals surface area contributed by atoms with Gasteiger partial charge in [-0.05, 0) is 23.3 Å². The minimum absolute atomic E-state index is 0.743. The maximum Gasteiger partial charge on any atom is 0.124 e. The maximum atomic E-state index is 5.95. The molecule has 0 N–H and O–H groups in total. The van der Waals surface area contributed by atoms with Gasteiger partial charge in [-0.3, -0.25) is 0 Å². The zero-order valence-corrected chi connectivity index (χ0v) is 14.4. The second kappa shape index (κ2) is 6.60. The smallest absolute Gasteiger partial charge is 0.124 e. The van der Waals surface area contributed by atoms with Crippen LogP contribution in [0, 0.1) is 0 Å². The number of halogens is 1. The second-order valence-electron chi connectivity index (χ2n) is 5.49. The van der Waals surface area contributed by atoms with Crippen LogP contribution in [-0.4, -0.2) is 4.98 Å². The highest BCUT2D eigenvalue weighted by molar-refractivity contribution is 7.13. The lowest BCUT2D eigenvalue weighted by atomic mass is 10.0. The predicted molar refractivity (Wildman–Crippen MR) is 103 cm³/mol. The van der Waals surface area contributed by atoms with Crippen molar-refractivity contribution in [2.24, 2.45) is 0 Å². The largest absolute Gasteiger partial charge is 0.236 e. The first kappa shape index (κ1) is 15.1. The average molecular weight is 348 g/mol. The van der Waals surface area contributed by atoms with Gasteiger partial charge in [0.25, 0.3) is 0 Å². The summed E-state index contributed by atoms with van der Waals surface area (Å²) in [5.41, 5.74) is 5.67. The SMILES string of the molecule is Clc1ccc(-c2nc(-c3ccc(-c4ccccc4)cc3)cs2)cc1. The average Bonchev–Trinajstić information content (AvgIpc) is 3.13. The van der Waals surface area contributed by atoms with E-state index in [2.05, 4.69) is 53.9 Å². The summed E-state index contributed by atoms with van der Waals surface area (Å²) in [5.74, 6) is 0. The summed E-state index contributed by atoms with van der Waals surface area (Å²) >= 11 is 7.60. The molecule has 116 valence electrons. The van der Waals surface area contributed by atoms with Crippen LogP contribution in [0.4, 0.5) is 0 Å². The van der Waals surface area contributed by atoms with Crippen molar-refractivity contribution in [2.45, 2.75) is 0 Å². The van der Waals surface area contributed by atoms with Gasteiger partial charge in [-0.2, -0.15) is 0 Å². The lowest BCUT2D eigenvalue weighted by molar-refractivity contribution is 1.40. The number of nitrogens with zero attached hydrogens (tertiary/aromatic N) is 1. The molecule has 0 fully saturated rings. The highest BCUT2D eigenvalue weighted by Crippen LogP contribution is 2.30. The first-order valence-electron chi connectivity index (χ1n) is 7.67. The molecular weight excluding hydrogens is 334 g/mol. The molecule has 3 aromatic carbocycles. The molecule has 0 aliphatic heterocycles. The van der Waals surface area contributed by atoms with Crippen LogP contribution in [0.3, 0.4) is 0 Å². The number of benzene rings is 3. The van der Waals surface area contributed by atoms with Gasteiger partial charge in [-0.1, -0.05) is 78.3 Å². The molecule has 4 aromatic rings. The highest BCUT2D eigenvalue weighted by atomic mass is 35.5. The Bertz CT molecular complexity index is 941. The molecule has 0 atom stereocenters. The minimum Gasteiger partial charge on any atom is -0.236 e. The summed E-state index contributed by atoms with van der Waals surface area (Å²) in [4.78, 5) is 4.76. The fourth-order valence-electron chi connectivity index (χ4n) is 2.60. The van der Waals surface area contributed by atoms with Gasteiger partial charge in [0.15, 0.2) is 0 Å². The van der Waals surface area contributed by atoms with Crippen LogP contribution < -0.4 is 0 Å². The molecule has 0 spiro atoms. The third-order valence-corrected chi connectivity index (χ3v) is 5.03. The molecule has 0 saturated heterocycles. The monoisotopic (exact) mass is 347 g/mol. The molecule has 0 amide bonds. The molecule has 3 heteroatoms. The molecule has 24 heavy (non-hydrogen) atoms. The van der Waals surface area contributed by atoms with Gasteiger partial charge < -0.3 is 0 Å². The lowest BCUT2D eigenvalue weighted by Crippen LogP contribution is -1.81. The van der Waals surface area contributed by atoms with Gasteiger partial charge in [0.2, 0.25) is 0 Å². The Morgan fingerprint density at radius 3 is 1.92 bits per heavy atom. The Morgan fingerprint density at radius 2 is 1.21 bits per heavy atom. The third-order valence-electron chi connectivity index (χ3n) is 3.88. The Morgan fingerprint density at radius 1 is 0.625 bits per heavy atom. The van der Waals surface area contributed by atoms with Crippen LogP contribution in [0.2, 0.25) is 5.02 Å². The van der Waals surface area contributed by atoms with E-state index in [1.165, 1.54) is 11.1 Å². The molecule has 1 aromatic heterocycles. The number of thiazole rings is 1. The van der Waals surface area contributed by atoms with Gasteiger partial charge in [0.1, 0.15) is 5.01 Å². The summed E-state index contributed by atoms with van der Waals surface area (Å²) in [6.07, 6.45) is 0. The van der Waals surface area contributed by atoms with Crippen LogP contribution in [0.5, 0.6) is 0 Å². The zero-order valence-electron chi connectivity index (χ0n) is 12.8. The molecule has 4 rings (SSSR count). The first-order chi connectivity index (χ1) is 11.8. The predicted octanol–water partition coefficient (Wildman–Crippen LogP) is 6.80. The fraction of sp³-hybridized carbons (Fsp3) is 0. The topological polar surface area (TPSA) is 12.9 Å². The number of hydrogen-bond acceptors (Lipinski definition) is 2. The normalized spacial score (nSPS) is 10.7. The van der Waals surface area contributed by atoms with Crippen molar-refractivity contribution < 1.29 is 0 Å². The lowest BCUT2D eigenvalue weighted by Gasteiger charge is -2.03. The van der Waals surface area contributed by atoms with E-state index in [-0.39, 0.29) is 0 Å². The van der Waals surface area contributed by atoms with E-state index in [1.807, 2.05) is 30.3 Å². The molecule has 0 aliphatic carbocycles. The summed E-state index contributed by atoms with van der Waals surface area (Å²) in [6.45, 7) is 0.